The fourth-order valence-corrected chi connectivity index (χ4v) is 4.44. The Morgan fingerprint density at radius 2 is 1.79 bits per heavy atom. The van der Waals surface area contributed by atoms with Gasteiger partial charge < -0.3 is 0 Å². The van der Waals surface area contributed by atoms with Gasteiger partial charge in [0.2, 0.25) is 10.0 Å². The Balaban J connectivity index is 2.18. The Kier molecular flexibility index (Phi) is 3.07. The third-order valence-corrected chi connectivity index (χ3v) is 5.69. The van der Waals surface area contributed by atoms with Crippen LogP contribution in [-0.4, -0.2) is 25.3 Å². The summed E-state index contributed by atoms with van der Waals surface area (Å²) in [6.07, 6.45) is 1.97. The topological polar surface area (TPSA) is 37.4 Å². The van der Waals surface area contributed by atoms with Gasteiger partial charge in [-0.25, -0.2) is 8.42 Å². The average molecular weight is 275 g/mol. The second-order valence-electron chi connectivity index (χ2n) is 4.92. The van der Waals surface area contributed by atoms with Crippen LogP contribution in [-0.2, 0) is 10.0 Å². The largest absolute Gasteiger partial charge is 0.243 e. The normalized spacial score (nSPS) is 16.1. The Bertz CT molecular complexity index is 700. The van der Waals surface area contributed by atoms with Crippen LogP contribution >= 0.6 is 0 Å². The minimum absolute atomic E-state index is 0.203. The van der Waals surface area contributed by atoms with E-state index in [4.69, 9.17) is 0 Å². The minimum atomic E-state index is -3.38. The van der Waals surface area contributed by atoms with E-state index in [-0.39, 0.29) is 6.04 Å². The summed E-state index contributed by atoms with van der Waals surface area (Å²) in [6, 6.07) is 13.3. The fraction of sp³-hybridized carbons (Fsp3) is 0.333. The molecule has 2 aromatic carbocycles. The van der Waals surface area contributed by atoms with Crippen molar-refractivity contribution >= 4 is 20.8 Å². The quantitative estimate of drug-likeness (QED) is 0.860. The molecule has 19 heavy (non-hydrogen) atoms. The number of hydrogen-bond acceptors (Lipinski definition) is 2. The van der Waals surface area contributed by atoms with E-state index in [1.165, 1.54) is 0 Å². The molecular formula is C15H17NO2S. The van der Waals surface area contributed by atoms with Crippen molar-refractivity contribution in [2.75, 3.05) is 6.54 Å². The zero-order valence-electron chi connectivity index (χ0n) is 10.9. The van der Waals surface area contributed by atoms with Gasteiger partial charge in [0, 0.05) is 18.0 Å². The molecule has 0 amide bonds. The van der Waals surface area contributed by atoms with Crippen molar-refractivity contribution in [2.45, 2.75) is 30.7 Å². The van der Waals surface area contributed by atoms with E-state index in [2.05, 4.69) is 0 Å². The van der Waals surface area contributed by atoms with Gasteiger partial charge in [0.1, 0.15) is 0 Å². The monoisotopic (exact) mass is 275 g/mol. The number of hydrogen-bond donors (Lipinski definition) is 0. The van der Waals surface area contributed by atoms with Crippen LogP contribution in [0, 0.1) is 0 Å². The zero-order valence-corrected chi connectivity index (χ0v) is 11.7. The van der Waals surface area contributed by atoms with Crippen molar-refractivity contribution in [1.82, 2.24) is 4.31 Å². The molecule has 4 heteroatoms. The lowest BCUT2D eigenvalue weighted by atomic mass is 10.1. The van der Waals surface area contributed by atoms with Crippen LogP contribution in [0.4, 0.5) is 0 Å². The SMILES string of the molecule is CCN(C1CC1)S(=O)(=O)c1cccc2ccccc12. The summed E-state index contributed by atoms with van der Waals surface area (Å²) in [5.74, 6) is 0. The third kappa shape index (κ3) is 2.15. The maximum Gasteiger partial charge on any atom is 0.243 e. The number of fused-ring (bicyclic) bond motifs is 1. The molecule has 0 spiro atoms. The average Bonchev–Trinajstić information content (AvgIpc) is 3.23. The van der Waals surface area contributed by atoms with E-state index in [1.807, 2.05) is 43.3 Å². The first-order chi connectivity index (χ1) is 9.14. The number of benzene rings is 2. The molecule has 1 aliphatic rings. The van der Waals surface area contributed by atoms with Crippen molar-refractivity contribution in [3.8, 4) is 0 Å². The van der Waals surface area contributed by atoms with Gasteiger partial charge in [-0.15, -0.1) is 0 Å². The molecule has 0 N–H and O–H groups in total. The molecule has 1 saturated carbocycles. The molecule has 2 aromatic rings. The molecule has 100 valence electrons. The molecule has 0 aliphatic heterocycles. The van der Waals surface area contributed by atoms with E-state index >= 15 is 0 Å². The van der Waals surface area contributed by atoms with Gasteiger partial charge in [-0.3, -0.25) is 0 Å². The van der Waals surface area contributed by atoms with E-state index in [9.17, 15) is 8.42 Å². The number of sulfonamides is 1. The molecular weight excluding hydrogens is 258 g/mol. The molecule has 0 heterocycles. The predicted molar refractivity (Wildman–Crippen MR) is 76.5 cm³/mol. The molecule has 0 unspecified atom stereocenters. The van der Waals surface area contributed by atoms with E-state index in [0.29, 0.717) is 11.4 Å². The minimum Gasteiger partial charge on any atom is -0.207 e. The van der Waals surface area contributed by atoms with E-state index < -0.39 is 10.0 Å². The first-order valence-corrected chi connectivity index (χ1v) is 8.08. The van der Waals surface area contributed by atoms with Crippen molar-refractivity contribution in [2.24, 2.45) is 0 Å². The molecule has 0 bridgehead atoms. The summed E-state index contributed by atoms with van der Waals surface area (Å²) >= 11 is 0. The lowest BCUT2D eigenvalue weighted by Crippen LogP contribution is -2.33. The molecule has 3 nitrogen and oxygen atoms in total. The van der Waals surface area contributed by atoms with Crippen molar-refractivity contribution < 1.29 is 8.42 Å². The van der Waals surface area contributed by atoms with Crippen LogP contribution < -0.4 is 0 Å². The Hall–Kier alpha value is -1.39. The van der Waals surface area contributed by atoms with Crippen LogP contribution in [0.25, 0.3) is 10.8 Å². The van der Waals surface area contributed by atoms with Gasteiger partial charge in [-0.05, 0) is 24.3 Å². The maximum atomic E-state index is 12.8. The Labute approximate surface area is 113 Å². The highest BCUT2D eigenvalue weighted by atomic mass is 32.2. The van der Waals surface area contributed by atoms with Gasteiger partial charge >= 0.3 is 0 Å². The summed E-state index contributed by atoms with van der Waals surface area (Å²) in [5.41, 5.74) is 0. The smallest absolute Gasteiger partial charge is 0.207 e. The van der Waals surface area contributed by atoms with Gasteiger partial charge in [0.15, 0.2) is 0 Å². The molecule has 0 radical (unpaired) electrons. The lowest BCUT2D eigenvalue weighted by molar-refractivity contribution is 0.421. The summed E-state index contributed by atoms with van der Waals surface area (Å²) in [4.78, 5) is 0.430. The van der Waals surface area contributed by atoms with E-state index in [0.717, 1.165) is 23.6 Å². The molecule has 3 rings (SSSR count). The fourth-order valence-electron chi connectivity index (χ4n) is 2.53. The van der Waals surface area contributed by atoms with Crippen LogP contribution in [0.1, 0.15) is 19.8 Å². The molecule has 0 atom stereocenters. The predicted octanol–water partition coefficient (Wildman–Crippen LogP) is 3.01. The Morgan fingerprint density at radius 3 is 2.47 bits per heavy atom. The molecule has 0 saturated heterocycles. The number of nitrogens with zero attached hydrogens (tertiary/aromatic N) is 1. The second-order valence-corrected chi connectivity index (χ2v) is 6.78. The lowest BCUT2D eigenvalue weighted by Gasteiger charge is -2.20. The van der Waals surface area contributed by atoms with Gasteiger partial charge in [0.05, 0.1) is 4.90 Å². The zero-order chi connectivity index (χ0) is 13.5. The Morgan fingerprint density at radius 1 is 1.11 bits per heavy atom. The number of rotatable bonds is 4. The van der Waals surface area contributed by atoms with Crippen LogP contribution in [0.15, 0.2) is 47.4 Å². The molecule has 0 aromatic heterocycles. The third-order valence-electron chi connectivity index (χ3n) is 3.60. The van der Waals surface area contributed by atoms with Crippen molar-refractivity contribution in [3.05, 3.63) is 42.5 Å². The summed E-state index contributed by atoms with van der Waals surface area (Å²) in [7, 11) is -3.38. The summed E-state index contributed by atoms with van der Waals surface area (Å²) < 4.78 is 27.2. The maximum absolute atomic E-state index is 12.8. The van der Waals surface area contributed by atoms with Crippen LogP contribution in [0.3, 0.4) is 0 Å². The van der Waals surface area contributed by atoms with Gasteiger partial charge in [-0.1, -0.05) is 43.3 Å². The van der Waals surface area contributed by atoms with Crippen LogP contribution in [0.2, 0.25) is 0 Å². The summed E-state index contributed by atoms with van der Waals surface area (Å²) in [6.45, 7) is 2.44. The first-order valence-electron chi connectivity index (χ1n) is 6.64. The van der Waals surface area contributed by atoms with Crippen LogP contribution in [0.5, 0.6) is 0 Å². The summed E-state index contributed by atoms with van der Waals surface area (Å²) in [5, 5.41) is 1.78. The van der Waals surface area contributed by atoms with Crippen molar-refractivity contribution in [1.29, 1.82) is 0 Å². The van der Waals surface area contributed by atoms with Gasteiger partial charge in [-0.2, -0.15) is 4.31 Å². The van der Waals surface area contributed by atoms with Crippen molar-refractivity contribution in [3.63, 3.8) is 0 Å². The van der Waals surface area contributed by atoms with E-state index in [1.54, 1.807) is 10.4 Å². The second kappa shape index (κ2) is 4.62. The highest BCUT2D eigenvalue weighted by Gasteiger charge is 2.37. The molecule has 1 aliphatic carbocycles. The van der Waals surface area contributed by atoms with Gasteiger partial charge in [0.25, 0.3) is 0 Å². The standard InChI is InChI=1S/C15H17NO2S/c1-2-16(13-10-11-13)19(17,18)15-9-5-7-12-6-3-4-8-14(12)15/h3-9,13H,2,10-11H2,1H3. The molecule has 1 fully saturated rings. The highest BCUT2D eigenvalue weighted by molar-refractivity contribution is 7.89. The first kappa shape index (κ1) is 12.6. The highest BCUT2D eigenvalue weighted by Crippen LogP contribution is 2.33.